The predicted octanol–water partition coefficient (Wildman–Crippen LogP) is 3.51. The number of methoxy groups -OCH3 is 2. The summed E-state index contributed by atoms with van der Waals surface area (Å²) in [5.41, 5.74) is -0.709. The fourth-order valence-electron chi connectivity index (χ4n) is 6.97. The van der Waals surface area contributed by atoms with Crippen LogP contribution in [0.1, 0.15) is 53.4 Å². The van der Waals surface area contributed by atoms with E-state index in [1.54, 1.807) is 7.11 Å². The van der Waals surface area contributed by atoms with Crippen LogP contribution in [0.2, 0.25) is 0 Å². The molecule has 1 spiro atoms. The average molecular weight is 376 g/mol. The fraction of sp³-hybridized carbons (Fsp3) is 0.818. The number of esters is 1. The zero-order valence-corrected chi connectivity index (χ0v) is 17.3. The van der Waals surface area contributed by atoms with Crippen molar-refractivity contribution < 1.29 is 23.8 Å². The lowest BCUT2D eigenvalue weighted by molar-refractivity contribution is -0.398. The molecule has 5 aliphatic rings. The first-order chi connectivity index (χ1) is 12.7. The van der Waals surface area contributed by atoms with Crippen molar-refractivity contribution in [3.63, 3.8) is 0 Å². The first-order valence-electron chi connectivity index (χ1n) is 10.3. The predicted molar refractivity (Wildman–Crippen MR) is 99.7 cm³/mol. The summed E-state index contributed by atoms with van der Waals surface area (Å²) in [5, 5.41) is 0. The first-order valence-corrected chi connectivity index (χ1v) is 10.3. The summed E-state index contributed by atoms with van der Waals surface area (Å²) in [6.07, 6.45) is 5.27. The Hall–Kier alpha value is -1.20. The number of hydrogen-bond acceptors (Lipinski definition) is 5. The Bertz CT molecular complexity index is 711. The second-order valence-electron chi connectivity index (χ2n) is 9.71. The third-order valence-electron chi connectivity index (χ3n) is 8.06. The van der Waals surface area contributed by atoms with Gasteiger partial charge in [0.25, 0.3) is 0 Å². The molecule has 5 nitrogen and oxygen atoms in total. The highest BCUT2D eigenvalue weighted by Gasteiger charge is 2.77. The summed E-state index contributed by atoms with van der Waals surface area (Å²) in [6.45, 7) is 8.48. The highest BCUT2D eigenvalue weighted by atomic mass is 16.7. The third-order valence-corrected chi connectivity index (χ3v) is 8.06. The van der Waals surface area contributed by atoms with Gasteiger partial charge in [0.15, 0.2) is 5.79 Å². The van der Waals surface area contributed by atoms with Gasteiger partial charge in [-0.2, -0.15) is 0 Å². The van der Waals surface area contributed by atoms with Gasteiger partial charge in [-0.15, -0.1) is 0 Å². The maximum absolute atomic E-state index is 13.6. The van der Waals surface area contributed by atoms with E-state index in [1.165, 1.54) is 7.11 Å². The van der Waals surface area contributed by atoms with Gasteiger partial charge in [-0.1, -0.05) is 34.1 Å². The van der Waals surface area contributed by atoms with Crippen molar-refractivity contribution in [1.29, 1.82) is 0 Å². The molecular weight excluding hydrogens is 344 g/mol. The van der Waals surface area contributed by atoms with Crippen LogP contribution in [0.25, 0.3) is 0 Å². The maximum Gasteiger partial charge on any atom is 0.334 e. The number of rotatable bonds is 3. The van der Waals surface area contributed by atoms with Gasteiger partial charge in [-0.05, 0) is 30.8 Å². The summed E-state index contributed by atoms with van der Waals surface area (Å²) in [7, 11) is 3.07. The van der Waals surface area contributed by atoms with E-state index >= 15 is 0 Å². The van der Waals surface area contributed by atoms with Crippen molar-refractivity contribution >= 4 is 11.8 Å². The first kappa shape index (κ1) is 19.1. The normalized spacial score (nSPS) is 48.3. The molecule has 5 heteroatoms. The maximum atomic E-state index is 13.6. The van der Waals surface area contributed by atoms with Gasteiger partial charge in [-0.25, -0.2) is 4.79 Å². The number of carbonyl (C=O) groups excluding carboxylic acids is 2. The fourth-order valence-corrected chi connectivity index (χ4v) is 6.97. The topological polar surface area (TPSA) is 61.8 Å². The second kappa shape index (κ2) is 5.90. The summed E-state index contributed by atoms with van der Waals surface area (Å²) >= 11 is 0. The molecule has 0 aromatic carbocycles. The molecule has 3 aliphatic carbocycles. The Labute approximate surface area is 161 Å². The molecule has 0 amide bonds. The third kappa shape index (κ3) is 2.19. The minimum atomic E-state index is -0.956. The lowest BCUT2D eigenvalue weighted by Crippen LogP contribution is -2.77. The SMILES string of the molecule is COC(=O)C1=C[C@]23C[C@@H](C)CC[C@@H]2[C@@]2(C)C(=O)C[C@@H](C(C)C)[C@@](OC)(O3)[C@@H]12. The van der Waals surface area contributed by atoms with Gasteiger partial charge in [-0.3, -0.25) is 4.79 Å². The Balaban J connectivity index is 2.00. The van der Waals surface area contributed by atoms with Crippen LogP contribution in [0.15, 0.2) is 11.6 Å². The van der Waals surface area contributed by atoms with Crippen LogP contribution in [0.4, 0.5) is 0 Å². The molecule has 2 heterocycles. The number of carbonyl (C=O) groups is 2. The van der Waals surface area contributed by atoms with Gasteiger partial charge in [0, 0.05) is 36.4 Å². The van der Waals surface area contributed by atoms with Crippen molar-refractivity contribution in [3.8, 4) is 0 Å². The van der Waals surface area contributed by atoms with Crippen LogP contribution in [0.5, 0.6) is 0 Å². The van der Waals surface area contributed by atoms with Gasteiger partial charge >= 0.3 is 5.97 Å². The zero-order chi connectivity index (χ0) is 19.8. The summed E-state index contributed by atoms with van der Waals surface area (Å²) in [5.74, 6) is -0.812. The van der Waals surface area contributed by atoms with E-state index in [0.717, 1.165) is 19.3 Å². The summed E-state index contributed by atoms with van der Waals surface area (Å²) < 4.78 is 18.2. The number of Topliss-reactive ketones (excluding diaryl/α,β-unsaturated/α-hetero) is 1. The van der Waals surface area contributed by atoms with Crippen LogP contribution < -0.4 is 0 Å². The molecule has 0 aromatic heterocycles. The summed E-state index contributed by atoms with van der Waals surface area (Å²) in [6, 6.07) is 0. The number of ether oxygens (including phenoxy) is 3. The van der Waals surface area contributed by atoms with E-state index in [0.29, 0.717) is 17.9 Å². The van der Waals surface area contributed by atoms with Crippen LogP contribution in [-0.4, -0.2) is 37.4 Å². The van der Waals surface area contributed by atoms with E-state index in [9.17, 15) is 9.59 Å². The quantitative estimate of drug-likeness (QED) is 0.706. The van der Waals surface area contributed by atoms with E-state index in [4.69, 9.17) is 14.2 Å². The van der Waals surface area contributed by atoms with Gasteiger partial charge < -0.3 is 14.2 Å². The summed E-state index contributed by atoms with van der Waals surface area (Å²) in [4.78, 5) is 26.4. The molecule has 2 saturated carbocycles. The van der Waals surface area contributed by atoms with Gasteiger partial charge in [0.1, 0.15) is 5.78 Å². The molecule has 150 valence electrons. The Kier molecular flexibility index (Phi) is 4.18. The molecule has 4 bridgehead atoms. The van der Waals surface area contributed by atoms with Crippen molar-refractivity contribution in [2.45, 2.75) is 64.8 Å². The van der Waals surface area contributed by atoms with E-state index in [1.807, 2.05) is 6.08 Å². The highest BCUT2D eigenvalue weighted by molar-refractivity contribution is 5.96. The molecule has 0 unspecified atom stereocenters. The van der Waals surface area contributed by atoms with Crippen molar-refractivity contribution in [2.75, 3.05) is 14.2 Å². The van der Waals surface area contributed by atoms with E-state index in [2.05, 4.69) is 27.7 Å². The van der Waals surface area contributed by atoms with Crippen molar-refractivity contribution in [2.24, 2.45) is 35.0 Å². The molecule has 0 radical (unpaired) electrons. The molecule has 1 saturated heterocycles. The Morgan fingerprint density at radius 2 is 2.00 bits per heavy atom. The molecular formula is C22H32O5. The largest absolute Gasteiger partial charge is 0.466 e. The van der Waals surface area contributed by atoms with Crippen LogP contribution in [0, 0.1) is 35.0 Å². The van der Waals surface area contributed by atoms with Gasteiger partial charge in [0.05, 0.1) is 18.6 Å². The molecule has 0 aromatic rings. The molecule has 7 atom stereocenters. The Morgan fingerprint density at radius 3 is 2.59 bits per heavy atom. The van der Waals surface area contributed by atoms with Gasteiger partial charge in [0.2, 0.25) is 0 Å². The number of hydrogen-bond donors (Lipinski definition) is 0. The van der Waals surface area contributed by atoms with Crippen LogP contribution >= 0.6 is 0 Å². The smallest absolute Gasteiger partial charge is 0.334 e. The molecule has 2 aliphatic heterocycles. The molecule has 0 N–H and O–H groups in total. The average Bonchev–Trinajstić information content (AvgIpc) is 2.62. The standard InChI is InChI=1S/C22H32O5/c1-12(2)15-9-17(23)20(4)16-8-7-13(3)10-21(16)11-14(19(24)25-5)18(20)22(15,26-6)27-21/h11-13,15-16,18H,7-10H2,1-6H3/t13-,15-,16+,18-,20-,21+,22+/m0/s1. The molecule has 27 heavy (non-hydrogen) atoms. The number of ketones is 1. The lowest BCUT2D eigenvalue weighted by atomic mass is 9.42. The van der Waals surface area contributed by atoms with Crippen LogP contribution in [-0.2, 0) is 23.8 Å². The minimum absolute atomic E-state index is 0.0866. The molecule has 5 rings (SSSR count). The monoisotopic (exact) mass is 376 g/mol. The van der Waals surface area contributed by atoms with Crippen molar-refractivity contribution in [3.05, 3.63) is 11.6 Å². The van der Waals surface area contributed by atoms with E-state index in [-0.39, 0.29) is 29.5 Å². The Morgan fingerprint density at radius 1 is 1.30 bits per heavy atom. The van der Waals surface area contributed by atoms with Crippen molar-refractivity contribution in [1.82, 2.24) is 0 Å². The second-order valence-corrected chi connectivity index (χ2v) is 9.71. The van der Waals surface area contributed by atoms with Crippen LogP contribution in [0.3, 0.4) is 0 Å². The molecule has 3 fully saturated rings. The van der Waals surface area contributed by atoms with E-state index < -0.39 is 22.7 Å². The zero-order valence-electron chi connectivity index (χ0n) is 17.3. The highest BCUT2D eigenvalue weighted by Crippen LogP contribution is 2.70. The lowest BCUT2D eigenvalue weighted by Gasteiger charge is -2.71. The minimum Gasteiger partial charge on any atom is -0.466 e.